The van der Waals surface area contributed by atoms with Crippen molar-refractivity contribution in [3.63, 3.8) is 0 Å². The number of nitrogens with zero attached hydrogens (tertiary/aromatic N) is 3. The first kappa shape index (κ1) is 22.2. The van der Waals surface area contributed by atoms with Crippen LogP contribution in [0.15, 0.2) is 18.2 Å². The second-order valence-electron chi connectivity index (χ2n) is 7.21. The van der Waals surface area contributed by atoms with Crippen LogP contribution >= 0.6 is 12.2 Å². The number of carbonyl (C=O) groups is 2. The van der Waals surface area contributed by atoms with Gasteiger partial charge in [0.25, 0.3) is 0 Å². The van der Waals surface area contributed by atoms with E-state index in [9.17, 15) is 14.0 Å². The lowest BCUT2D eigenvalue weighted by Crippen LogP contribution is -2.50. The lowest BCUT2D eigenvalue weighted by Gasteiger charge is -2.36. The van der Waals surface area contributed by atoms with E-state index in [0.717, 1.165) is 6.42 Å². The molecule has 164 valence electrons. The maximum atomic E-state index is 14.8. The number of cyclic esters (lactones) is 1. The van der Waals surface area contributed by atoms with E-state index < -0.39 is 11.9 Å². The molecule has 0 bridgehead atoms. The van der Waals surface area contributed by atoms with Crippen molar-refractivity contribution in [3.05, 3.63) is 24.0 Å². The van der Waals surface area contributed by atoms with Gasteiger partial charge in [0.2, 0.25) is 5.91 Å². The van der Waals surface area contributed by atoms with Gasteiger partial charge < -0.3 is 24.6 Å². The Morgan fingerprint density at radius 1 is 1.33 bits per heavy atom. The van der Waals surface area contributed by atoms with Crippen molar-refractivity contribution in [2.45, 2.75) is 19.4 Å². The Morgan fingerprint density at radius 3 is 2.70 bits per heavy atom. The number of nitrogens with one attached hydrogen (secondary N) is 1. The largest absolute Gasteiger partial charge is 0.442 e. The third-order valence-corrected chi connectivity index (χ3v) is 5.64. The minimum Gasteiger partial charge on any atom is -0.442 e. The molecule has 8 nitrogen and oxygen atoms in total. The number of halogens is 1. The molecule has 0 spiro atoms. The fourth-order valence-corrected chi connectivity index (χ4v) is 3.61. The molecule has 2 heterocycles. The molecule has 0 radical (unpaired) electrons. The van der Waals surface area contributed by atoms with Gasteiger partial charge in [0.15, 0.2) is 0 Å². The van der Waals surface area contributed by atoms with Crippen LogP contribution in [0, 0.1) is 5.82 Å². The maximum Gasteiger partial charge on any atom is 0.414 e. The van der Waals surface area contributed by atoms with Crippen LogP contribution in [-0.4, -0.2) is 81.0 Å². The standard InChI is InChI=1S/C20H27FN4O4S/c1-3-18(30)22-11-15-12-25(20(27)29-15)14-4-5-17(16(21)10-14)23-6-8-24(9-7-23)19(26)13-28-2/h4-5,10,15H,3,6-9,11-13H2,1-2H3,(H,22,30). The highest BCUT2D eigenvalue weighted by molar-refractivity contribution is 7.80. The summed E-state index contributed by atoms with van der Waals surface area (Å²) in [6.07, 6.45) is -0.120. The molecule has 1 atom stereocenters. The number of rotatable bonds is 7. The van der Waals surface area contributed by atoms with Gasteiger partial charge in [0.1, 0.15) is 18.5 Å². The Bertz CT molecular complexity index is 801. The molecule has 30 heavy (non-hydrogen) atoms. The quantitative estimate of drug-likeness (QED) is 0.651. The highest BCUT2D eigenvalue weighted by atomic mass is 32.1. The molecule has 2 aliphatic heterocycles. The average molecular weight is 439 g/mol. The maximum absolute atomic E-state index is 14.8. The second-order valence-corrected chi connectivity index (χ2v) is 7.70. The molecule has 1 aromatic rings. The van der Waals surface area contributed by atoms with Gasteiger partial charge in [-0.3, -0.25) is 9.69 Å². The van der Waals surface area contributed by atoms with Crippen molar-refractivity contribution < 1.29 is 23.5 Å². The summed E-state index contributed by atoms with van der Waals surface area (Å²) in [5.41, 5.74) is 0.910. The predicted octanol–water partition coefficient (Wildman–Crippen LogP) is 1.77. The Balaban J connectivity index is 1.60. The first-order chi connectivity index (χ1) is 14.4. The number of methoxy groups -OCH3 is 1. The van der Waals surface area contributed by atoms with Gasteiger partial charge in [0, 0.05) is 33.3 Å². The second kappa shape index (κ2) is 10.0. The normalized spacial score (nSPS) is 19.1. The van der Waals surface area contributed by atoms with E-state index in [1.807, 2.05) is 11.8 Å². The molecular formula is C20H27FN4O4S. The highest BCUT2D eigenvalue weighted by Gasteiger charge is 2.33. The van der Waals surface area contributed by atoms with E-state index in [2.05, 4.69) is 5.32 Å². The highest BCUT2D eigenvalue weighted by Crippen LogP contribution is 2.28. The third kappa shape index (κ3) is 5.17. The van der Waals surface area contributed by atoms with Crippen molar-refractivity contribution in [1.82, 2.24) is 10.2 Å². The van der Waals surface area contributed by atoms with Crippen molar-refractivity contribution in [3.8, 4) is 0 Å². The molecular weight excluding hydrogens is 411 g/mol. The van der Waals surface area contributed by atoms with Crippen LogP contribution in [0.3, 0.4) is 0 Å². The molecule has 0 aromatic heterocycles. The van der Waals surface area contributed by atoms with Gasteiger partial charge in [-0.15, -0.1) is 0 Å². The Kier molecular flexibility index (Phi) is 7.43. The number of amides is 2. The number of hydrogen-bond acceptors (Lipinski definition) is 6. The molecule has 10 heteroatoms. The van der Waals surface area contributed by atoms with Crippen LogP contribution in [0.2, 0.25) is 0 Å². The Labute approximate surface area is 180 Å². The smallest absolute Gasteiger partial charge is 0.414 e. The molecule has 0 saturated carbocycles. The van der Waals surface area contributed by atoms with E-state index >= 15 is 0 Å². The predicted molar refractivity (Wildman–Crippen MR) is 116 cm³/mol. The molecule has 1 aromatic carbocycles. The monoisotopic (exact) mass is 438 g/mol. The Hall–Kier alpha value is -2.46. The van der Waals surface area contributed by atoms with Crippen LogP contribution in [0.25, 0.3) is 0 Å². The zero-order valence-corrected chi connectivity index (χ0v) is 18.0. The summed E-state index contributed by atoms with van der Waals surface area (Å²) < 4.78 is 25.1. The lowest BCUT2D eigenvalue weighted by molar-refractivity contribution is -0.135. The summed E-state index contributed by atoms with van der Waals surface area (Å²) in [5.74, 6) is -0.477. The zero-order chi connectivity index (χ0) is 21.7. The Morgan fingerprint density at radius 2 is 2.07 bits per heavy atom. The number of hydrogen-bond donors (Lipinski definition) is 1. The molecule has 3 rings (SSSR count). The topological polar surface area (TPSA) is 74.4 Å². The van der Waals surface area contributed by atoms with E-state index in [0.29, 0.717) is 55.6 Å². The number of anilines is 2. The molecule has 1 unspecified atom stereocenters. The van der Waals surface area contributed by atoms with Gasteiger partial charge in [-0.05, 0) is 24.6 Å². The molecule has 2 fully saturated rings. The number of carbonyl (C=O) groups excluding carboxylic acids is 2. The van der Waals surface area contributed by atoms with Crippen LogP contribution in [0.1, 0.15) is 13.3 Å². The summed E-state index contributed by atoms with van der Waals surface area (Å²) in [6.45, 7) is 4.84. The van der Waals surface area contributed by atoms with Crippen LogP contribution in [0.5, 0.6) is 0 Å². The van der Waals surface area contributed by atoms with Gasteiger partial charge in [-0.2, -0.15) is 0 Å². The number of piperazine rings is 1. The summed E-state index contributed by atoms with van der Waals surface area (Å²) in [7, 11) is 1.49. The fourth-order valence-electron chi connectivity index (χ4n) is 3.52. The van der Waals surface area contributed by atoms with E-state index in [1.165, 1.54) is 18.1 Å². The van der Waals surface area contributed by atoms with E-state index in [1.54, 1.807) is 17.0 Å². The molecule has 2 saturated heterocycles. The van der Waals surface area contributed by atoms with Crippen molar-refractivity contribution in [2.24, 2.45) is 0 Å². The summed E-state index contributed by atoms with van der Waals surface area (Å²) >= 11 is 5.12. The fraction of sp³-hybridized carbons (Fsp3) is 0.550. The zero-order valence-electron chi connectivity index (χ0n) is 17.2. The molecule has 2 aliphatic rings. The first-order valence-corrected chi connectivity index (χ1v) is 10.4. The van der Waals surface area contributed by atoms with Gasteiger partial charge in [-0.1, -0.05) is 19.1 Å². The SMILES string of the molecule is CCC(=S)NCC1CN(c2ccc(N3CCN(C(=O)COC)CC3)c(F)c2)C(=O)O1. The van der Waals surface area contributed by atoms with Crippen LogP contribution in [0.4, 0.5) is 20.6 Å². The van der Waals surface area contributed by atoms with Crippen molar-refractivity contribution >= 4 is 40.6 Å². The number of thiocarbonyl (C=S) groups is 1. The minimum atomic E-state index is -0.498. The molecule has 2 amide bonds. The first-order valence-electron chi connectivity index (χ1n) is 9.99. The van der Waals surface area contributed by atoms with Crippen LogP contribution in [-0.2, 0) is 14.3 Å². The number of ether oxygens (including phenoxy) is 2. The molecule has 0 aliphatic carbocycles. The molecule has 1 N–H and O–H groups in total. The van der Waals surface area contributed by atoms with Crippen molar-refractivity contribution in [2.75, 3.05) is 62.8 Å². The van der Waals surface area contributed by atoms with Crippen LogP contribution < -0.4 is 15.1 Å². The van der Waals surface area contributed by atoms with Gasteiger partial charge in [-0.25, -0.2) is 9.18 Å². The van der Waals surface area contributed by atoms with E-state index in [4.69, 9.17) is 21.7 Å². The van der Waals surface area contributed by atoms with Gasteiger partial charge in [0.05, 0.1) is 29.5 Å². The summed E-state index contributed by atoms with van der Waals surface area (Å²) in [6, 6.07) is 4.74. The summed E-state index contributed by atoms with van der Waals surface area (Å²) in [5, 5.41) is 3.06. The van der Waals surface area contributed by atoms with E-state index in [-0.39, 0.29) is 18.6 Å². The summed E-state index contributed by atoms with van der Waals surface area (Å²) in [4.78, 5) is 29.9. The minimum absolute atomic E-state index is 0.0513. The van der Waals surface area contributed by atoms with Gasteiger partial charge >= 0.3 is 6.09 Å². The lowest BCUT2D eigenvalue weighted by atomic mass is 10.2. The van der Waals surface area contributed by atoms with Crippen molar-refractivity contribution in [1.29, 1.82) is 0 Å². The third-order valence-electron chi connectivity index (χ3n) is 5.21. The number of benzene rings is 1. The average Bonchev–Trinajstić information content (AvgIpc) is 3.12.